The van der Waals surface area contributed by atoms with Gasteiger partial charge in [-0.1, -0.05) is 36.9 Å². The van der Waals surface area contributed by atoms with E-state index in [0.29, 0.717) is 30.9 Å². The maximum absolute atomic E-state index is 12.4. The number of anilines is 1. The number of amides is 1. The van der Waals surface area contributed by atoms with Crippen molar-refractivity contribution in [3.05, 3.63) is 0 Å². The Hall–Kier alpha value is -0.710. The Morgan fingerprint density at radius 2 is 2.22 bits per heavy atom. The minimum atomic E-state index is -3.25. The van der Waals surface area contributed by atoms with Crippen molar-refractivity contribution in [3.8, 4) is 0 Å². The highest BCUT2D eigenvalue weighted by atomic mass is 32.2. The van der Waals surface area contributed by atoms with Gasteiger partial charge >= 0.3 is 0 Å². The van der Waals surface area contributed by atoms with E-state index >= 15 is 0 Å². The van der Waals surface area contributed by atoms with Crippen LogP contribution in [0.15, 0.2) is 4.34 Å². The third kappa shape index (κ3) is 5.13. The summed E-state index contributed by atoms with van der Waals surface area (Å²) >= 11 is 2.92. The van der Waals surface area contributed by atoms with E-state index in [2.05, 4.69) is 15.5 Å². The lowest BCUT2D eigenvalue weighted by Crippen LogP contribution is -2.44. The van der Waals surface area contributed by atoms with Gasteiger partial charge in [0.25, 0.3) is 0 Å². The Kier molecular flexibility index (Phi) is 6.81. The fourth-order valence-corrected chi connectivity index (χ4v) is 5.69. The molecule has 1 amide bonds. The smallest absolute Gasteiger partial charge is 0.230 e. The number of sulfonamides is 1. The van der Waals surface area contributed by atoms with Gasteiger partial charge in [-0.3, -0.25) is 4.79 Å². The maximum atomic E-state index is 12.4. The number of carbonyl (C=O) groups is 1. The summed E-state index contributed by atoms with van der Waals surface area (Å²) < 4.78 is 26.6. The lowest BCUT2D eigenvalue weighted by molar-refractivity contribution is -0.120. The first-order chi connectivity index (χ1) is 11.0. The molecule has 1 aromatic rings. The molecule has 130 valence electrons. The summed E-state index contributed by atoms with van der Waals surface area (Å²) in [7, 11) is -3.25. The predicted molar refractivity (Wildman–Crippen MR) is 93.3 cm³/mol. The van der Waals surface area contributed by atoms with Crippen LogP contribution in [0, 0.1) is 5.92 Å². The Bertz CT molecular complexity index is 632. The lowest BCUT2D eigenvalue weighted by Gasteiger charge is -2.30. The number of piperidine rings is 1. The summed E-state index contributed by atoms with van der Waals surface area (Å²) in [6.07, 6.45) is 1.98. The van der Waals surface area contributed by atoms with E-state index in [0.717, 1.165) is 10.1 Å². The third-order valence-electron chi connectivity index (χ3n) is 3.51. The van der Waals surface area contributed by atoms with Crippen LogP contribution in [0.2, 0.25) is 0 Å². The molecular formula is C13H22N4O3S3. The molecule has 0 aromatic carbocycles. The van der Waals surface area contributed by atoms with Crippen LogP contribution in [0.4, 0.5) is 5.13 Å². The first-order valence-corrected chi connectivity index (χ1v) is 11.1. The first-order valence-electron chi connectivity index (χ1n) is 7.71. The molecule has 0 spiro atoms. The van der Waals surface area contributed by atoms with Crippen molar-refractivity contribution < 1.29 is 13.2 Å². The van der Waals surface area contributed by atoms with Crippen molar-refractivity contribution in [2.75, 3.05) is 29.9 Å². The molecule has 0 unspecified atom stereocenters. The topological polar surface area (TPSA) is 92.3 Å². The van der Waals surface area contributed by atoms with Crippen LogP contribution in [0.3, 0.4) is 0 Å². The van der Waals surface area contributed by atoms with Crippen LogP contribution in [0.1, 0.15) is 33.1 Å². The van der Waals surface area contributed by atoms with Crippen molar-refractivity contribution in [3.63, 3.8) is 0 Å². The molecule has 1 fully saturated rings. The quantitative estimate of drug-likeness (QED) is 0.576. The van der Waals surface area contributed by atoms with E-state index < -0.39 is 10.0 Å². The standard InChI is InChI=1S/C13H22N4O3S3/c1-3-8-23(19,20)17-7-5-6-10(9-17)11(18)14-12-15-16-13(22-12)21-4-2/h10H,3-9H2,1-2H3,(H,14,15,18)/t10-/m1/s1. The summed E-state index contributed by atoms with van der Waals surface area (Å²) in [5.74, 6) is 0.525. The molecule has 0 radical (unpaired) electrons. The first kappa shape index (κ1) is 18.6. The van der Waals surface area contributed by atoms with Crippen LogP contribution in [-0.4, -0.2) is 53.4 Å². The molecule has 23 heavy (non-hydrogen) atoms. The Balaban J connectivity index is 1.96. The van der Waals surface area contributed by atoms with Crippen molar-refractivity contribution in [1.82, 2.24) is 14.5 Å². The fraction of sp³-hybridized carbons (Fsp3) is 0.769. The van der Waals surface area contributed by atoms with Crippen molar-refractivity contribution in [2.24, 2.45) is 5.92 Å². The molecule has 0 aliphatic carbocycles. The Labute approximate surface area is 145 Å². The van der Waals surface area contributed by atoms with Gasteiger partial charge in [-0.2, -0.15) is 0 Å². The van der Waals surface area contributed by atoms with Gasteiger partial charge in [0, 0.05) is 13.1 Å². The number of hydrogen-bond donors (Lipinski definition) is 1. The highest BCUT2D eigenvalue weighted by Gasteiger charge is 2.32. The molecular weight excluding hydrogens is 356 g/mol. The monoisotopic (exact) mass is 378 g/mol. The highest BCUT2D eigenvalue weighted by Crippen LogP contribution is 2.26. The number of thioether (sulfide) groups is 1. The number of carbonyl (C=O) groups excluding carboxylic acids is 1. The molecule has 1 aliphatic rings. The molecule has 2 heterocycles. The van der Waals surface area contributed by atoms with E-state index in [1.54, 1.807) is 11.8 Å². The van der Waals surface area contributed by atoms with Crippen molar-refractivity contribution >= 4 is 44.2 Å². The molecule has 10 heteroatoms. The van der Waals surface area contributed by atoms with Gasteiger partial charge in [-0.15, -0.1) is 10.2 Å². The van der Waals surface area contributed by atoms with E-state index in [-0.39, 0.29) is 24.1 Å². The zero-order valence-electron chi connectivity index (χ0n) is 13.3. The van der Waals surface area contributed by atoms with Gasteiger partial charge in [0.2, 0.25) is 21.1 Å². The summed E-state index contributed by atoms with van der Waals surface area (Å²) in [5.41, 5.74) is 0. The number of aromatic nitrogens is 2. The highest BCUT2D eigenvalue weighted by molar-refractivity contribution is 8.01. The molecule has 0 bridgehead atoms. The average Bonchev–Trinajstić information content (AvgIpc) is 2.95. The van der Waals surface area contributed by atoms with E-state index in [4.69, 9.17) is 0 Å². The van der Waals surface area contributed by atoms with Gasteiger partial charge in [0.15, 0.2) is 4.34 Å². The fourth-order valence-electron chi connectivity index (χ4n) is 2.45. The zero-order valence-corrected chi connectivity index (χ0v) is 15.8. The molecule has 1 saturated heterocycles. The molecule has 1 atom stereocenters. The molecule has 0 saturated carbocycles. The van der Waals surface area contributed by atoms with Crippen LogP contribution in [0.5, 0.6) is 0 Å². The number of nitrogens with zero attached hydrogens (tertiary/aromatic N) is 3. The SMILES string of the molecule is CCCS(=O)(=O)N1CCC[C@@H](C(=O)Nc2nnc(SCC)s2)C1. The van der Waals surface area contributed by atoms with Gasteiger partial charge < -0.3 is 5.32 Å². The summed E-state index contributed by atoms with van der Waals surface area (Å²) in [4.78, 5) is 12.4. The molecule has 1 N–H and O–H groups in total. The average molecular weight is 379 g/mol. The summed E-state index contributed by atoms with van der Waals surface area (Å²) in [6, 6.07) is 0. The lowest BCUT2D eigenvalue weighted by atomic mass is 9.99. The normalized spacial score (nSPS) is 19.7. The molecule has 1 aliphatic heterocycles. The van der Waals surface area contributed by atoms with Crippen molar-refractivity contribution in [1.29, 1.82) is 0 Å². The van der Waals surface area contributed by atoms with Crippen LogP contribution in [-0.2, 0) is 14.8 Å². The van der Waals surface area contributed by atoms with Crippen LogP contribution < -0.4 is 5.32 Å². The second-order valence-corrected chi connectivity index (χ2v) is 9.89. The Morgan fingerprint density at radius 3 is 2.91 bits per heavy atom. The van der Waals surface area contributed by atoms with E-state index in [1.165, 1.54) is 15.6 Å². The maximum Gasteiger partial charge on any atom is 0.230 e. The number of hydrogen-bond acceptors (Lipinski definition) is 7. The van der Waals surface area contributed by atoms with Crippen LogP contribution in [0.25, 0.3) is 0 Å². The van der Waals surface area contributed by atoms with E-state index in [9.17, 15) is 13.2 Å². The molecule has 7 nitrogen and oxygen atoms in total. The van der Waals surface area contributed by atoms with Gasteiger partial charge in [-0.25, -0.2) is 12.7 Å². The minimum absolute atomic E-state index is 0.134. The Morgan fingerprint density at radius 1 is 1.43 bits per heavy atom. The van der Waals surface area contributed by atoms with Gasteiger partial charge in [0.1, 0.15) is 0 Å². The third-order valence-corrected chi connectivity index (χ3v) is 7.41. The zero-order chi connectivity index (χ0) is 16.9. The van der Waals surface area contributed by atoms with Crippen molar-refractivity contribution in [2.45, 2.75) is 37.4 Å². The second-order valence-electron chi connectivity index (χ2n) is 5.31. The summed E-state index contributed by atoms with van der Waals surface area (Å²) in [6.45, 7) is 4.62. The minimum Gasteiger partial charge on any atom is -0.300 e. The molecule has 2 rings (SSSR count). The second kappa shape index (κ2) is 8.41. The predicted octanol–water partition coefficient (Wildman–Crippen LogP) is 2.04. The largest absolute Gasteiger partial charge is 0.300 e. The summed E-state index contributed by atoms with van der Waals surface area (Å²) in [5, 5.41) is 11.2. The van der Waals surface area contributed by atoms with Gasteiger partial charge in [0.05, 0.1) is 11.7 Å². The number of rotatable bonds is 7. The van der Waals surface area contributed by atoms with Crippen LogP contribution >= 0.6 is 23.1 Å². The van der Waals surface area contributed by atoms with Gasteiger partial charge in [-0.05, 0) is 25.0 Å². The molecule has 1 aromatic heterocycles. The van der Waals surface area contributed by atoms with E-state index in [1.807, 2.05) is 13.8 Å². The number of nitrogens with one attached hydrogen (secondary N) is 1.